The number of imidazole rings is 1. The molecule has 0 atom stereocenters. The lowest BCUT2D eigenvalue weighted by Gasteiger charge is -2.16. The number of anilines is 1. The van der Waals surface area contributed by atoms with Crippen LogP contribution < -0.4 is 10.6 Å². The fourth-order valence-corrected chi connectivity index (χ4v) is 3.40. The molecule has 3 aromatic rings. The lowest BCUT2D eigenvalue weighted by Crippen LogP contribution is -2.25. The third-order valence-corrected chi connectivity index (χ3v) is 4.80. The normalized spacial score (nSPS) is 13.0. The van der Waals surface area contributed by atoms with Crippen LogP contribution in [0.1, 0.15) is 51.0 Å². The highest BCUT2D eigenvalue weighted by atomic mass is 19.1. The van der Waals surface area contributed by atoms with Crippen LogP contribution in [0.3, 0.4) is 0 Å². The lowest BCUT2D eigenvalue weighted by atomic mass is 10.1. The van der Waals surface area contributed by atoms with Crippen LogP contribution in [-0.4, -0.2) is 26.5 Å². The highest BCUT2D eigenvalue weighted by molar-refractivity contribution is 6.03. The van der Waals surface area contributed by atoms with E-state index in [2.05, 4.69) is 20.8 Å². The Morgan fingerprint density at radius 2 is 2.07 bits per heavy atom. The van der Waals surface area contributed by atoms with Gasteiger partial charge in [0, 0.05) is 24.7 Å². The molecule has 2 N–H and O–H groups in total. The highest BCUT2D eigenvalue weighted by Gasteiger charge is 2.28. The van der Waals surface area contributed by atoms with E-state index in [1.54, 1.807) is 35.8 Å². The molecule has 2 aromatic heterocycles. The number of hydrogen-bond donors (Lipinski definition) is 2. The second-order valence-electron chi connectivity index (χ2n) is 6.89. The first-order chi connectivity index (χ1) is 14.0. The molecule has 8 nitrogen and oxygen atoms in total. The zero-order valence-corrected chi connectivity index (χ0v) is 15.9. The first kappa shape index (κ1) is 18.9. The van der Waals surface area contributed by atoms with Gasteiger partial charge in [0.05, 0.1) is 5.69 Å². The number of carbonyl (C=O) groups excluding carboxylic acids is 2. The van der Waals surface area contributed by atoms with Crippen molar-refractivity contribution in [2.75, 3.05) is 5.32 Å². The summed E-state index contributed by atoms with van der Waals surface area (Å²) in [5.74, 6) is -0.284. The predicted octanol–water partition coefficient (Wildman–Crippen LogP) is 2.84. The number of benzene rings is 1. The molecule has 0 bridgehead atoms. The van der Waals surface area contributed by atoms with Crippen molar-refractivity contribution in [2.45, 2.75) is 39.3 Å². The number of amides is 2. The minimum absolute atomic E-state index is 0.0392. The number of carbonyl (C=O) groups is 2. The monoisotopic (exact) mass is 397 g/mol. The van der Waals surface area contributed by atoms with E-state index in [0.717, 1.165) is 12.8 Å². The Morgan fingerprint density at radius 1 is 1.24 bits per heavy atom. The van der Waals surface area contributed by atoms with Crippen LogP contribution in [0.15, 0.2) is 34.9 Å². The van der Waals surface area contributed by atoms with Crippen molar-refractivity contribution in [3.05, 3.63) is 64.7 Å². The van der Waals surface area contributed by atoms with Crippen LogP contribution in [0.4, 0.5) is 10.2 Å². The summed E-state index contributed by atoms with van der Waals surface area (Å²) in [4.78, 5) is 29.7. The van der Waals surface area contributed by atoms with E-state index in [1.807, 2.05) is 0 Å². The van der Waals surface area contributed by atoms with E-state index in [4.69, 9.17) is 4.52 Å². The van der Waals surface area contributed by atoms with Gasteiger partial charge in [-0.15, -0.1) is 0 Å². The Morgan fingerprint density at radius 3 is 2.83 bits per heavy atom. The molecule has 1 aromatic carbocycles. The zero-order chi connectivity index (χ0) is 20.4. The third-order valence-electron chi connectivity index (χ3n) is 4.80. The van der Waals surface area contributed by atoms with Crippen molar-refractivity contribution in [1.29, 1.82) is 0 Å². The predicted molar refractivity (Wildman–Crippen MR) is 102 cm³/mol. The molecule has 0 radical (unpaired) electrons. The van der Waals surface area contributed by atoms with Gasteiger partial charge in [0.1, 0.15) is 17.3 Å². The van der Waals surface area contributed by atoms with Crippen molar-refractivity contribution in [3.63, 3.8) is 0 Å². The molecule has 0 saturated heterocycles. The molecule has 0 spiro atoms. The molecule has 9 heteroatoms. The average molecular weight is 397 g/mol. The smallest absolute Gasteiger partial charge is 0.292 e. The second kappa shape index (κ2) is 7.86. The maximum atomic E-state index is 13.8. The molecule has 0 fully saturated rings. The summed E-state index contributed by atoms with van der Waals surface area (Å²) in [5, 5.41) is 9.08. The molecule has 29 heavy (non-hydrogen) atoms. The molecule has 150 valence electrons. The van der Waals surface area contributed by atoms with Crippen LogP contribution in [0.2, 0.25) is 0 Å². The van der Waals surface area contributed by atoms with Gasteiger partial charge in [-0.3, -0.25) is 9.59 Å². The molecule has 2 amide bonds. The largest absolute Gasteiger partial charge is 0.360 e. The standard InChI is InChI=1S/C20H20FN5O3/c1-12-10-16(25-29-12)23-20(28)18-24-17(15-8-4-5-9-26(15)18)19(27)22-11-13-6-2-3-7-14(13)21/h2-3,6-7,10H,4-5,8-9,11H2,1H3,(H,22,27)(H,23,25,28). The van der Waals surface area contributed by atoms with E-state index < -0.39 is 11.8 Å². The first-order valence-electron chi connectivity index (χ1n) is 9.38. The summed E-state index contributed by atoms with van der Waals surface area (Å²) in [7, 11) is 0. The van der Waals surface area contributed by atoms with Crippen LogP contribution >= 0.6 is 0 Å². The van der Waals surface area contributed by atoms with Gasteiger partial charge >= 0.3 is 0 Å². The molecule has 0 aliphatic carbocycles. The summed E-state index contributed by atoms with van der Waals surface area (Å²) in [6.45, 7) is 2.36. The Bertz CT molecular complexity index is 1070. The molecule has 1 aliphatic rings. The van der Waals surface area contributed by atoms with Crippen molar-refractivity contribution < 1.29 is 18.5 Å². The minimum Gasteiger partial charge on any atom is -0.360 e. The van der Waals surface area contributed by atoms with E-state index in [9.17, 15) is 14.0 Å². The average Bonchev–Trinajstić information content (AvgIpc) is 3.30. The summed E-state index contributed by atoms with van der Waals surface area (Å²) in [6.07, 6.45) is 2.44. The van der Waals surface area contributed by atoms with Crippen LogP contribution in [0, 0.1) is 12.7 Å². The summed E-state index contributed by atoms with van der Waals surface area (Å²) in [5.41, 5.74) is 1.29. The summed E-state index contributed by atoms with van der Waals surface area (Å²) < 4.78 is 20.5. The van der Waals surface area contributed by atoms with Crippen LogP contribution in [0.25, 0.3) is 0 Å². The van der Waals surface area contributed by atoms with Crippen molar-refractivity contribution in [1.82, 2.24) is 20.0 Å². The quantitative estimate of drug-likeness (QED) is 0.689. The number of rotatable bonds is 5. The minimum atomic E-state index is -0.463. The maximum absolute atomic E-state index is 13.8. The molecule has 4 rings (SSSR count). The van der Waals surface area contributed by atoms with E-state index >= 15 is 0 Å². The van der Waals surface area contributed by atoms with Gasteiger partial charge in [-0.05, 0) is 32.3 Å². The van der Waals surface area contributed by atoms with Gasteiger partial charge in [0.25, 0.3) is 11.8 Å². The van der Waals surface area contributed by atoms with Crippen molar-refractivity contribution in [2.24, 2.45) is 0 Å². The number of aryl methyl sites for hydroxylation is 1. The van der Waals surface area contributed by atoms with E-state index in [1.165, 1.54) is 6.07 Å². The third kappa shape index (κ3) is 3.89. The lowest BCUT2D eigenvalue weighted by molar-refractivity contribution is 0.0944. The fraction of sp³-hybridized carbons (Fsp3) is 0.300. The van der Waals surface area contributed by atoms with E-state index in [-0.39, 0.29) is 29.7 Å². The molecular weight excluding hydrogens is 377 g/mol. The van der Waals surface area contributed by atoms with Gasteiger partial charge in [0.2, 0.25) is 0 Å². The second-order valence-corrected chi connectivity index (χ2v) is 6.89. The van der Waals surface area contributed by atoms with Crippen LogP contribution in [0.5, 0.6) is 0 Å². The molecular formula is C20H20FN5O3. The Hall–Kier alpha value is -3.49. The Kier molecular flexibility index (Phi) is 5.11. The highest BCUT2D eigenvalue weighted by Crippen LogP contribution is 2.22. The molecule has 0 unspecified atom stereocenters. The van der Waals surface area contributed by atoms with Crippen molar-refractivity contribution >= 4 is 17.6 Å². The van der Waals surface area contributed by atoms with Crippen LogP contribution in [-0.2, 0) is 19.5 Å². The van der Waals surface area contributed by atoms with Gasteiger partial charge in [-0.2, -0.15) is 0 Å². The molecule has 0 saturated carbocycles. The Balaban J connectivity index is 1.56. The maximum Gasteiger partial charge on any atom is 0.292 e. The molecule has 1 aliphatic heterocycles. The number of aromatic nitrogens is 3. The number of hydrogen-bond acceptors (Lipinski definition) is 5. The number of halogens is 1. The topological polar surface area (TPSA) is 102 Å². The Labute approximate surface area is 166 Å². The number of fused-ring (bicyclic) bond motifs is 1. The number of nitrogens with one attached hydrogen (secondary N) is 2. The zero-order valence-electron chi connectivity index (χ0n) is 15.9. The van der Waals surface area contributed by atoms with E-state index in [0.29, 0.717) is 30.0 Å². The SMILES string of the molecule is Cc1cc(NC(=O)c2nc(C(=O)NCc3ccccc3F)c3n2CCCC3)no1. The molecule has 3 heterocycles. The van der Waals surface area contributed by atoms with Gasteiger partial charge in [-0.25, -0.2) is 9.37 Å². The van der Waals surface area contributed by atoms with Crippen molar-refractivity contribution in [3.8, 4) is 0 Å². The fourth-order valence-electron chi connectivity index (χ4n) is 3.40. The first-order valence-corrected chi connectivity index (χ1v) is 9.38. The summed E-state index contributed by atoms with van der Waals surface area (Å²) >= 11 is 0. The van der Waals surface area contributed by atoms with Gasteiger partial charge in [0.15, 0.2) is 11.6 Å². The number of nitrogens with zero attached hydrogens (tertiary/aromatic N) is 3. The van der Waals surface area contributed by atoms with Gasteiger partial charge in [-0.1, -0.05) is 23.4 Å². The van der Waals surface area contributed by atoms with Gasteiger partial charge < -0.3 is 19.7 Å². The summed E-state index contributed by atoms with van der Waals surface area (Å²) in [6, 6.07) is 7.84.